The maximum absolute atomic E-state index is 13.3. The molecule has 33 heavy (non-hydrogen) atoms. The number of rotatable bonds is 7. The largest absolute Gasteiger partial charge is 0.668 e. The Morgan fingerprint density at radius 2 is 1.21 bits per heavy atom. The molecule has 0 radical (unpaired) electrons. The molecule has 0 spiro atoms. The van der Waals surface area contributed by atoms with E-state index in [1.54, 1.807) is 72.8 Å². The maximum Gasteiger partial charge on any atom is 0.668 e. The average Bonchev–Trinajstić information content (AvgIpc) is 2.86. The zero-order chi connectivity index (χ0) is 22.9. The van der Waals surface area contributed by atoms with Crippen LogP contribution < -0.4 is 9.05 Å². The minimum atomic E-state index is -4.14. The van der Waals surface area contributed by atoms with E-state index >= 15 is 0 Å². The molecule has 162 valence electrons. The van der Waals surface area contributed by atoms with Crippen LogP contribution in [0.5, 0.6) is 11.5 Å². The fourth-order valence-electron chi connectivity index (χ4n) is 2.96. The number of nitrogens with zero attached hydrogens (tertiary/aromatic N) is 2. The van der Waals surface area contributed by atoms with Crippen molar-refractivity contribution in [2.24, 2.45) is 5.16 Å². The van der Waals surface area contributed by atoms with E-state index in [9.17, 15) is 9.83 Å². The zero-order valence-electron chi connectivity index (χ0n) is 17.4. The summed E-state index contributed by atoms with van der Waals surface area (Å²) in [5, 5.41) is 13.6. The Morgan fingerprint density at radius 3 is 1.70 bits per heavy atom. The average molecular weight is 454 g/mol. The number of hydrogen-bond acceptors (Lipinski definition) is 6. The molecule has 3 aromatic rings. The minimum absolute atomic E-state index is 0.318. The van der Waals surface area contributed by atoms with E-state index in [2.05, 4.69) is 11.2 Å². The van der Waals surface area contributed by atoms with Crippen LogP contribution in [-0.2, 0) is 9.19 Å². The van der Waals surface area contributed by atoms with E-state index in [1.165, 1.54) is 0 Å². The summed E-state index contributed by atoms with van der Waals surface area (Å²) >= 11 is 0. The first kappa shape index (κ1) is 21.9. The van der Waals surface area contributed by atoms with Crippen LogP contribution in [0.2, 0.25) is 0 Å². The summed E-state index contributed by atoms with van der Waals surface area (Å²) in [5.41, 5.74) is 2.47. The summed E-state index contributed by atoms with van der Waals surface area (Å²) in [6.07, 6.45) is 6.81. The summed E-state index contributed by atoms with van der Waals surface area (Å²) < 4.78 is 29.7. The second-order valence-corrected chi connectivity index (χ2v) is 8.25. The van der Waals surface area contributed by atoms with Crippen molar-refractivity contribution in [1.82, 2.24) is 0 Å². The van der Waals surface area contributed by atoms with Crippen LogP contribution in [0.3, 0.4) is 0 Å². The number of benzene rings is 3. The smallest absolute Gasteiger partial charge is 0.385 e. The van der Waals surface area contributed by atoms with Gasteiger partial charge < -0.3 is 9.05 Å². The molecule has 3 aromatic carbocycles. The third-order valence-electron chi connectivity index (χ3n) is 4.50. The monoisotopic (exact) mass is 454 g/mol. The molecule has 0 aliphatic heterocycles. The van der Waals surface area contributed by atoms with Gasteiger partial charge in [0.25, 0.3) is 0 Å². The van der Waals surface area contributed by atoms with Gasteiger partial charge in [-0.25, -0.2) is 0 Å². The SMILES string of the molecule is N#CC(=C1C=CC(=NOP(=O)(Oc2ccccc2)Oc2ccccc2)C=C1)c1ccccc1. The van der Waals surface area contributed by atoms with Gasteiger partial charge >= 0.3 is 7.82 Å². The van der Waals surface area contributed by atoms with Gasteiger partial charge in [-0.1, -0.05) is 84.0 Å². The number of allylic oxidation sites excluding steroid dienone is 6. The number of hydrogen-bond donors (Lipinski definition) is 0. The third kappa shape index (κ3) is 5.88. The molecule has 0 unspecified atom stereocenters. The van der Waals surface area contributed by atoms with Gasteiger partial charge in [0.1, 0.15) is 23.3 Å². The molecule has 7 heteroatoms. The van der Waals surface area contributed by atoms with Crippen molar-refractivity contribution in [2.75, 3.05) is 0 Å². The van der Waals surface area contributed by atoms with Gasteiger partial charge in [-0.05, 0) is 47.6 Å². The fraction of sp³-hybridized carbons (Fsp3) is 0. The first-order chi connectivity index (χ1) is 16.1. The Morgan fingerprint density at radius 1 is 0.727 bits per heavy atom. The lowest BCUT2D eigenvalue weighted by molar-refractivity contribution is 0.218. The zero-order valence-corrected chi connectivity index (χ0v) is 18.3. The van der Waals surface area contributed by atoms with Crippen molar-refractivity contribution in [2.45, 2.75) is 0 Å². The lowest BCUT2D eigenvalue weighted by Gasteiger charge is -2.16. The Kier molecular flexibility index (Phi) is 6.84. The number of oxime groups is 1. The van der Waals surface area contributed by atoms with Crippen LogP contribution in [0.4, 0.5) is 0 Å². The van der Waals surface area contributed by atoms with Crippen LogP contribution in [-0.4, -0.2) is 5.71 Å². The van der Waals surface area contributed by atoms with Gasteiger partial charge in [-0.2, -0.15) is 9.83 Å². The molecule has 1 aliphatic carbocycles. The Hall–Kier alpha value is -4.33. The Labute approximate surface area is 192 Å². The molecule has 0 aromatic heterocycles. The molecular weight excluding hydrogens is 435 g/mol. The molecule has 0 saturated carbocycles. The number of para-hydroxylation sites is 2. The normalized spacial score (nSPS) is 12.6. The van der Waals surface area contributed by atoms with Gasteiger partial charge in [-0.15, -0.1) is 0 Å². The van der Waals surface area contributed by atoms with Gasteiger partial charge in [-0.3, -0.25) is 4.62 Å². The predicted octanol–water partition coefficient (Wildman–Crippen LogP) is 6.73. The van der Waals surface area contributed by atoms with Gasteiger partial charge in [0.05, 0.1) is 5.57 Å². The van der Waals surface area contributed by atoms with E-state index in [0.29, 0.717) is 22.8 Å². The summed E-state index contributed by atoms with van der Waals surface area (Å²) in [6.45, 7) is 0. The Bertz CT molecular complexity index is 1250. The first-order valence-corrected chi connectivity index (χ1v) is 11.5. The summed E-state index contributed by atoms with van der Waals surface area (Å²) in [4.78, 5) is 0. The predicted molar refractivity (Wildman–Crippen MR) is 128 cm³/mol. The highest BCUT2D eigenvalue weighted by Gasteiger charge is 2.33. The van der Waals surface area contributed by atoms with Crippen molar-refractivity contribution >= 4 is 19.1 Å². The lowest BCUT2D eigenvalue weighted by atomic mass is 9.97. The van der Waals surface area contributed by atoms with Crippen LogP contribution >= 0.6 is 7.82 Å². The van der Waals surface area contributed by atoms with Gasteiger partial charge in [0, 0.05) is 0 Å². The number of phosphoric acid groups is 1. The number of phosphoric ester groups is 1. The summed E-state index contributed by atoms with van der Waals surface area (Å²) in [6, 6.07) is 28.8. The standard InChI is InChI=1S/C26H19N2O4P/c27-20-26(21-10-4-1-5-11-21)22-16-18-23(19-17-22)28-32-33(29,30-24-12-6-2-7-13-24)31-25-14-8-3-9-15-25/h1-19H. The van der Waals surface area contributed by atoms with Gasteiger partial charge in [0.2, 0.25) is 0 Å². The molecule has 0 N–H and O–H groups in total. The van der Waals surface area contributed by atoms with Crippen LogP contribution in [0.25, 0.3) is 5.57 Å². The second kappa shape index (κ2) is 10.3. The van der Waals surface area contributed by atoms with Crippen LogP contribution in [0.1, 0.15) is 5.56 Å². The highest BCUT2D eigenvalue weighted by molar-refractivity contribution is 7.49. The summed E-state index contributed by atoms with van der Waals surface area (Å²) in [5.74, 6) is 0.636. The van der Waals surface area contributed by atoms with E-state index in [4.69, 9.17) is 13.7 Å². The lowest BCUT2D eigenvalue weighted by Crippen LogP contribution is -2.04. The highest BCUT2D eigenvalue weighted by atomic mass is 31.2. The second-order valence-electron chi connectivity index (χ2n) is 6.83. The molecule has 0 fully saturated rings. The van der Waals surface area contributed by atoms with E-state index in [0.717, 1.165) is 11.1 Å². The molecule has 0 atom stereocenters. The Balaban J connectivity index is 1.55. The van der Waals surface area contributed by atoms with Crippen molar-refractivity contribution in [1.29, 1.82) is 5.26 Å². The van der Waals surface area contributed by atoms with Crippen molar-refractivity contribution < 1.29 is 18.2 Å². The molecule has 1 aliphatic rings. The molecule has 0 saturated heterocycles. The summed E-state index contributed by atoms with van der Waals surface area (Å²) in [7, 11) is -4.14. The van der Waals surface area contributed by atoms with Gasteiger partial charge in [0.15, 0.2) is 0 Å². The maximum atomic E-state index is 13.3. The molecule has 0 amide bonds. The quantitative estimate of drug-likeness (QED) is 0.225. The number of nitriles is 1. The molecule has 4 rings (SSSR count). The molecular formula is C26H19N2O4P. The molecule has 0 bridgehead atoms. The van der Waals surface area contributed by atoms with Crippen molar-refractivity contribution in [3.63, 3.8) is 0 Å². The van der Waals surface area contributed by atoms with E-state index < -0.39 is 7.82 Å². The highest BCUT2D eigenvalue weighted by Crippen LogP contribution is 2.50. The van der Waals surface area contributed by atoms with Crippen LogP contribution in [0.15, 0.2) is 126 Å². The molecule has 0 heterocycles. The van der Waals surface area contributed by atoms with E-state index in [1.807, 2.05) is 42.5 Å². The minimum Gasteiger partial charge on any atom is -0.385 e. The van der Waals surface area contributed by atoms with Crippen LogP contribution in [0, 0.1) is 11.3 Å². The molecule has 6 nitrogen and oxygen atoms in total. The first-order valence-electron chi connectivity index (χ1n) is 10.1. The fourth-order valence-corrected chi connectivity index (χ4v) is 4.02. The van der Waals surface area contributed by atoms with Crippen molar-refractivity contribution in [3.05, 3.63) is 126 Å². The van der Waals surface area contributed by atoms with Crippen molar-refractivity contribution in [3.8, 4) is 17.6 Å². The topological polar surface area (TPSA) is 80.9 Å². The third-order valence-corrected chi connectivity index (χ3v) is 5.65. The van der Waals surface area contributed by atoms with E-state index in [-0.39, 0.29) is 0 Å².